The molecule has 1 fully saturated rings. The van der Waals surface area contributed by atoms with E-state index in [1.807, 2.05) is 0 Å². The van der Waals surface area contributed by atoms with Crippen molar-refractivity contribution in [2.75, 3.05) is 13.1 Å². The summed E-state index contributed by atoms with van der Waals surface area (Å²) in [5.74, 6) is 0.252. The summed E-state index contributed by atoms with van der Waals surface area (Å²) < 4.78 is 0. The van der Waals surface area contributed by atoms with Crippen LogP contribution in [-0.4, -0.2) is 29.9 Å². The van der Waals surface area contributed by atoms with Crippen molar-refractivity contribution >= 4 is 5.91 Å². The van der Waals surface area contributed by atoms with Gasteiger partial charge in [0.1, 0.15) is 0 Å². The number of amides is 1. The summed E-state index contributed by atoms with van der Waals surface area (Å²) in [7, 11) is 0. The lowest BCUT2D eigenvalue weighted by atomic mass is 10.0. The van der Waals surface area contributed by atoms with Gasteiger partial charge in [0.15, 0.2) is 0 Å². The third-order valence-electron chi connectivity index (χ3n) is 3.07. The first-order valence-electron chi connectivity index (χ1n) is 5.96. The van der Waals surface area contributed by atoms with E-state index in [0.29, 0.717) is 5.92 Å². The molecule has 0 aromatic rings. The van der Waals surface area contributed by atoms with Crippen LogP contribution in [0.3, 0.4) is 0 Å². The van der Waals surface area contributed by atoms with Gasteiger partial charge in [0.25, 0.3) is 0 Å². The Hall–Kier alpha value is -1.08. The van der Waals surface area contributed by atoms with Gasteiger partial charge in [-0.3, -0.25) is 9.69 Å². The molecule has 4 nitrogen and oxygen atoms in total. The molecule has 2 atom stereocenters. The van der Waals surface area contributed by atoms with E-state index in [2.05, 4.69) is 24.8 Å². The number of primary amides is 1. The average molecular weight is 223 g/mol. The highest BCUT2D eigenvalue weighted by atomic mass is 16.1. The number of hydrogen-bond donors (Lipinski definition) is 1. The largest absolute Gasteiger partial charge is 0.369 e. The van der Waals surface area contributed by atoms with E-state index in [0.717, 1.165) is 25.8 Å². The molecule has 1 rings (SSSR count). The number of nitrogens with two attached hydrogens (primary N) is 1. The maximum atomic E-state index is 11.0. The normalized spacial score (nSPS) is 24.9. The molecular formula is C12H21N3O. The Morgan fingerprint density at radius 1 is 1.56 bits per heavy atom. The summed E-state index contributed by atoms with van der Waals surface area (Å²) in [6.07, 6.45) is 3.04. The zero-order chi connectivity index (χ0) is 12.1. The van der Waals surface area contributed by atoms with Gasteiger partial charge in [-0.1, -0.05) is 20.3 Å². The molecule has 0 bridgehead atoms. The maximum absolute atomic E-state index is 11.0. The minimum Gasteiger partial charge on any atom is -0.369 e. The molecule has 0 saturated heterocycles. The van der Waals surface area contributed by atoms with Crippen molar-refractivity contribution in [3.05, 3.63) is 0 Å². The Labute approximate surface area is 97.4 Å². The van der Waals surface area contributed by atoms with Crippen molar-refractivity contribution in [3.8, 4) is 6.07 Å². The zero-order valence-corrected chi connectivity index (χ0v) is 10.1. The smallest absolute Gasteiger partial charge is 0.231 e. The van der Waals surface area contributed by atoms with E-state index < -0.39 is 0 Å². The molecule has 1 aliphatic rings. The number of carbonyl (C=O) groups is 1. The van der Waals surface area contributed by atoms with Gasteiger partial charge in [-0.15, -0.1) is 0 Å². The minimum absolute atomic E-state index is 0.0677. The number of carbonyl (C=O) groups excluding carboxylic acids is 1. The lowest BCUT2D eigenvalue weighted by molar-refractivity contribution is -0.119. The fraction of sp³-hybridized carbons (Fsp3) is 0.833. The van der Waals surface area contributed by atoms with Gasteiger partial charge in [-0.25, -0.2) is 0 Å². The van der Waals surface area contributed by atoms with Crippen molar-refractivity contribution in [3.63, 3.8) is 0 Å². The first-order chi connectivity index (χ1) is 7.54. The SMILES string of the molecule is CC(C)CN(CC(N)=O)C1CCCC1C#N. The van der Waals surface area contributed by atoms with Crippen molar-refractivity contribution in [1.82, 2.24) is 4.90 Å². The van der Waals surface area contributed by atoms with Gasteiger partial charge < -0.3 is 5.73 Å². The Kier molecular flexibility index (Phi) is 4.75. The van der Waals surface area contributed by atoms with Gasteiger partial charge in [-0.05, 0) is 18.8 Å². The molecule has 0 heterocycles. The third kappa shape index (κ3) is 3.49. The summed E-state index contributed by atoms with van der Waals surface area (Å²) in [6, 6.07) is 2.57. The van der Waals surface area contributed by atoms with Gasteiger partial charge in [0.05, 0.1) is 18.5 Å². The van der Waals surface area contributed by atoms with E-state index in [1.165, 1.54) is 0 Å². The second kappa shape index (κ2) is 5.86. The van der Waals surface area contributed by atoms with Crippen LogP contribution in [0.5, 0.6) is 0 Å². The molecule has 0 spiro atoms. The quantitative estimate of drug-likeness (QED) is 0.759. The van der Waals surface area contributed by atoms with Crippen molar-refractivity contribution in [2.24, 2.45) is 17.6 Å². The third-order valence-corrected chi connectivity index (χ3v) is 3.07. The van der Waals surface area contributed by atoms with Gasteiger partial charge >= 0.3 is 0 Å². The molecule has 1 aliphatic carbocycles. The topological polar surface area (TPSA) is 70.1 Å². The summed E-state index contributed by atoms with van der Waals surface area (Å²) in [5.41, 5.74) is 5.26. The summed E-state index contributed by atoms with van der Waals surface area (Å²) >= 11 is 0. The molecule has 0 aliphatic heterocycles. The molecule has 4 heteroatoms. The van der Waals surface area contributed by atoms with Crippen LogP contribution in [0.25, 0.3) is 0 Å². The Balaban J connectivity index is 2.67. The first-order valence-corrected chi connectivity index (χ1v) is 5.96. The van der Waals surface area contributed by atoms with Gasteiger partial charge in [0.2, 0.25) is 5.91 Å². The van der Waals surface area contributed by atoms with E-state index in [1.54, 1.807) is 0 Å². The predicted octanol–water partition coefficient (Wildman–Crippen LogP) is 1.12. The van der Waals surface area contributed by atoms with E-state index in [-0.39, 0.29) is 24.4 Å². The molecule has 0 aromatic heterocycles. The van der Waals surface area contributed by atoms with E-state index >= 15 is 0 Å². The van der Waals surface area contributed by atoms with E-state index in [4.69, 9.17) is 11.0 Å². The van der Waals surface area contributed by atoms with Crippen molar-refractivity contribution in [1.29, 1.82) is 5.26 Å². The van der Waals surface area contributed by atoms with Crippen LogP contribution in [0, 0.1) is 23.2 Å². The fourth-order valence-electron chi connectivity index (χ4n) is 2.51. The number of rotatable bonds is 5. The second-order valence-electron chi connectivity index (χ2n) is 5.02. The highest BCUT2D eigenvalue weighted by Gasteiger charge is 2.32. The van der Waals surface area contributed by atoms with Crippen molar-refractivity contribution < 1.29 is 4.79 Å². The minimum atomic E-state index is -0.302. The van der Waals surface area contributed by atoms with Crippen LogP contribution < -0.4 is 5.73 Å². The molecular weight excluding hydrogens is 202 g/mol. The van der Waals surface area contributed by atoms with Crippen molar-refractivity contribution in [2.45, 2.75) is 39.2 Å². The van der Waals surface area contributed by atoms with Gasteiger partial charge in [0, 0.05) is 12.6 Å². The van der Waals surface area contributed by atoms with Crippen LogP contribution >= 0.6 is 0 Å². The summed E-state index contributed by atoms with van der Waals surface area (Å²) in [4.78, 5) is 13.1. The molecule has 0 aromatic carbocycles. The maximum Gasteiger partial charge on any atom is 0.231 e. The van der Waals surface area contributed by atoms with Crippen LogP contribution in [0.15, 0.2) is 0 Å². The highest BCUT2D eigenvalue weighted by Crippen LogP contribution is 2.29. The van der Waals surface area contributed by atoms with Crippen LogP contribution in [-0.2, 0) is 4.79 Å². The molecule has 2 unspecified atom stereocenters. The van der Waals surface area contributed by atoms with E-state index in [9.17, 15) is 4.79 Å². The lowest BCUT2D eigenvalue weighted by Crippen LogP contribution is -2.44. The standard InChI is InChI=1S/C12H21N3O/c1-9(2)7-15(8-12(14)16)11-5-3-4-10(11)6-13/h9-11H,3-5,7-8H2,1-2H3,(H2,14,16). The first kappa shape index (κ1) is 13.0. The molecule has 0 radical (unpaired) electrons. The van der Waals surface area contributed by atoms with Crippen LogP contribution in [0.1, 0.15) is 33.1 Å². The second-order valence-corrected chi connectivity index (χ2v) is 5.02. The van der Waals surface area contributed by atoms with Crippen LogP contribution in [0.4, 0.5) is 0 Å². The predicted molar refractivity (Wildman–Crippen MR) is 62.3 cm³/mol. The summed E-state index contributed by atoms with van der Waals surface area (Å²) in [6.45, 7) is 5.35. The van der Waals surface area contributed by atoms with Gasteiger partial charge in [-0.2, -0.15) is 5.26 Å². The Morgan fingerprint density at radius 2 is 2.25 bits per heavy atom. The fourth-order valence-corrected chi connectivity index (χ4v) is 2.51. The lowest BCUT2D eigenvalue weighted by Gasteiger charge is -2.30. The molecule has 2 N–H and O–H groups in total. The Bertz CT molecular complexity index is 282. The molecule has 90 valence electrons. The molecule has 16 heavy (non-hydrogen) atoms. The number of nitriles is 1. The monoisotopic (exact) mass is 223 g/mol. The highest BCUT2D eigenvalue weighted by molar-refractivity contribution is 5.76. The Morgan fingerprint density at radius 3 is 2.75 bits per heavy atom. The van der Waals surface area contributed by atoms with Crippen LogP contribution in [0.2, 0.25) is 0 Å². The zero-order valence-electron chi connectivity index (χ0n) is 10.1. The number of nitrogens with zero attached hydrogens (tertiary/aromatic N) is 2. The molecule has 1 amide bonds. The number of hydrogen-bond acceptors (Lipinski definition) is 3. The summed E-state index contributed by atoms with van der Waals surface area (Å²) in [5, 5.41) is 9.06. The average Bonchev–Trinajstić information content (AvgIpc) is 2.62. The molecule has 1 saturated carbocycles.